The molecular weight excluding hydrogens is 486 g/mol. The van der Waals surface area contributed by atoms with Gasteiger partial charge in [0.2, 0.25) is 5.91 Å². The summed E-state index contributed by atoms with van der Waals surface area (Å²) in [6, 6.07) is 18.4. The number of anilines is 1. The van der Waals surface area contributed by atoms with Gasteiger partial charge in [0.1, 0.15) is 0 Å². The fourth-order valence-electron chi connectivity index (χ4n) is 3.27. The van der Waals surface area contributed by atoms with Gasteiger partial charge in [-0.2, -0.15) is 0 Å². The minimum atomic E-state index is -1.82. The summed E-state index contributed by atoms with van der Waals surface area (Å²) in [5, 5.41) is 32.6. The number of para-hydroxylation sites is 1. The molecule has 37 heavy (non-hydrogen) atoms. The average molecular weight is 518 g/mol. The van der Waals surface area contributed by atoms with Crippen LogP contribution in [0.3, 0.4) is 0 Å². The highest BCUT2D eigenvalue weighted by Gasteiger charge is 2.25. The van der Waals surface area contributed by atoms with Gasteiger partial charge in [-0.3, -0.25) is 14.6 Å². The van der Waals surface area contributed by atoms with Crippen LogP contribution in [0, 0.1) is 6.92 Å². The predicted molar refractivity (Wildman–Crippen MR) is 133 cm³/mol. The van der Waals surface area contributed by atoms with E-state index in [0.29, 0.717) is 0 Å². The van der Waals surface area contributed by atoms with Crippen molar-refractivity contribution in [1.29, 1.82) is 0 Å². The fraction of sp³-hybridized carbons (Fsp3) is 0.320. The Morgan fingerprint density at radius 1 is 0.757 bits per heavy atom. The van der Waals surface area contributed by atoms with E-state index in [1.807, 2.05) is 38.1 Å². The van der Waals surface area contributed by atoms with Crippen LogP contribution in [0.2, 0.25) is 0 Å². The molecule has 1 saturated heterocycles. The molecule has 1 unspecified atom stereocenters. The van der Waals surface area contributed by atoms with E-state index >= 15 is 0 Å². The molecule has 1 heterocycles. The van der Waals surface area contributed by atoms with E-state index in [-0.39, 0.29) is 11.9 Å². The van der Waals surface area contributed by atoms with E-state index in [0.717, 1.165) is 44.0 Å². The number of rotatable bonds is 5. The number of benzene rings is 2. The molecule has 1 aliphatic rings. The monoisotopic (exact) mass is 517 g/mol. The van der Waals surface area contributed by atoms with Gasteiger partial charge in [0.25, 0.3) is 0 Å². The molecule has 3 rings (SSSR count). The number of amides is 1. The van der Waals surface area contributed by atoms with E-state index in [9.17, 15) is 4.79 Å². The van der Waals surface area contributed by atoms with Gasteiger partial charge in [-0.05, 0) is 31.0 Å². The summed E-state index contributed by atoms with van der Waals surface area (Å²) < 4.78 is 0. The average Bonchev–Trinajstić information content (AvgIpc) is 2.86. The Labute approximate surface area is 213 Å². The molecule has 1 aliphatic heterocycles. The molecule has 200 valence electrons. The molecule has 1 fully saturated rings. The van der Waals surface area contributed by atoms with Gasteiger partial charge in [-0.1, -0.05) is 48.5 Å². The van der Waals surface area contributed by atoms with Crippen molar-refractivity contribution < 1.29 is 44.4 Å². The number of carbonyl (C=O) groups is 5. The van der Waals surface area contributed by atoms with Crippen LogP contribution in [0.5, 0.6) is 0 Å². The third-order valence-corrected chi connectivity index (χ3v) is 5.35. The molecule has 0 aliphatic carbocycles. The van der Waals surface area contributed by atoms with Gasteiger partial charge in [-0.25, -0.2) is 19.2 Å². The molecular formula is C25H31N3O9. The minimum absolute atomic E-state index is 0.0748. The number of carboxylic acid groups (broad SMARTS) is 4. The highest BCUT2D eigenvalue weighted by Crippen LogP contribution is 2.15. The van der Waals surface area contributed by atoms with E-state index in [2.05, 4.69) is 45.4 Å². The topological polar surface area (TPSA) is 185 Å². The summed E-state index contributed by atoms with van der Waals surface area (Å²) in [5.74, 6) is -7.22. The lowest BCUT2D eigenvalue weighted by Crippen LogP contribution is -2.52. The highest BCUT2D eigenvalue weighted by atomic mass is 16.4. The Hall–Kier alpha value is -4.29. The van der Waals surface area contributed by atoms with Crippen molar-refractivity contribution >= 4 is 35.5 Å². The van der Waals surface area contributed by atoms with Crippen LogP contribution in [0.15, 0.2) is 54.6 Å². The first-order valence-electron chi connectivity index (χ1n) is 11.2. The maximum absolute atomic E-state index is 12.6. The second-order valence-corrected chi connectivity index (χ2v) is 8.00. The largest absolute Gasteiger partial charge is 0.473 e. The quantitative estimate of drug-likeness (QED) is 0.362. The third-order valence-electron chi connectivity index (χ3n) is 5.35. The van der Waals surface area contributed by atoms with Crippen LogP contribution >= 0.6 is 0 Å². The smallest absolute Gasteiger partial charge is 0.414 e. The van der Waals surface area contributed by atoms with E-state index in [4.69, 9.17) is 39.6 Å². The number of carboxylic acids is 4. The first-order valence-corrected chi connectivity index (χ1v) is 11.2. The van der Waals surface area contributed by atoms with Crippen molar-refractivity contribution in [3.05, 3.63) is 65.7 Å². The summed E-state index contributed by atoms with van der Waals surface area (Å²) in [5.41, 5.74) is 3.35. The van der Waals surface area contributed by atoms with Crippen molar-refractivity contribution in [2.24, 2.45) is 0 Å². The summed E-state index contributed by atoms with van der Waals surface area (Å²) in [4.78, 5) is 53.7. The molecule has 5 N–H and O–H groups in total. The summed E-state index contributed by atoms with van der Waals surface area (Å²) >= 11 is 0. The van der Waals surface area contributed by atoms with Crippen LogP contribution in [0.25, 0.3) is 0 Å². The van der Waals surface area contributed by atoms with Gasteiger partial charge in [-0.15, -0.1) is 0 Å². The number of aryl methyl sites for hydroxylation is 1. The number of hydrogen-bond acceptors (Lipinski definition) is 7. The molecule has 0 spiro atoms. The molecule has 1 amide bonds. The lowest BCUT2D eigenvalue weighted by atomic mass is 10.1. The molecule has 0 aromatic heterocycles. The predicted octanol–water partition coefficient (Wildman–Crippen LogP) is 1.45. The van der Waals surface area contributed by atoms with Crippen LogP contribution in [-0.2, 0) is 30.5 Å². The minimum Gasteiger partial charge on any atom is -0.473 e. The van der Waals surface area contributed by atoms with Crippen LogP contribution in [-0.4, -0.2) is 92.2 Å². The fourth-order valence-corrected chi connectivity index (χ4v) is 3.27. The molecule has 12 nitrogen and oxygen atoms in total. The Kier molecular flexibility index (Phi) is 13.0. The van der Waals surface area contributed by atoms with Crippen LogP contribution in [0.1, 0.15) is 18.1 Å². The van der Waals surface area contributed by atoms with Crippen LogP contribution < -0.4 is 5.32 Å². The Bertz CT molecular complexity index is 1020. The van der Waals surface area contributed by atoms with E-state index in [1.165, 1.54) is 5.56 Å². The number of nitrogens with zero attached hydrogens (tertiary/aromatic N) is 2. The zero-order valence-electron chi connectivity index (χ0n) is 20.5. The highest BCUT2D eigenvalue weighted by molar-refractivity contribution is 6.27. The number of piperazine rings is 1. The van der Waals surface area contributed by atoms with Crippen LogP contribution in [0.4, 0.5) is 5.69 Å². The maximum Gasteiger partial charge on any atom is 0.414 e. The van der Waals surface area contributed by atoms with Gasteiger partial charge in [0.15, 0.2) is 0 Å². The molecule has 0 radical (unpaired) electrons. The van der Waals surface area contributed by atoms with Crippen molar-refractivity contribution in [2.45, 2.75) is 26.4 Å². The zero-order chi connectivity index (χ0) is 28.0. The normalized spacial score (nSPS) is 14.0. The summed E-state index contributed by atoms with van der Waals surface area (Å²) in [6.07, 6.45) is 0. The lowest BCUT2D eigenvalue weighted by molar-refractivity contribution is -0.159. The van der Waals surface area contributed by atoms with E-state index in [1.54, 1.807) is 0 Å². The van der Waals surface area contributed by atoms with Crippen molar-refractivity contribution in [1.82, 2.24) is 9.80 Å². The Morgan fingerprint density at radius 2 is 1.22 bits per heavy atom. The zero-order valence-corrected chi connectivity index (χ0v) is 20.5. The van der Waals surface area contributed by atoms with Gasteiger partial charge in [0, 0.05) is 38.4 Å². The second kappa shape index (κ2) is 15.7. The van der Waals surface area contributed by atoms with Gasteiger partial charge < -0.3 is 25.7 Å². The SMILES string of the molecule is Cc1ccccc1NC(=O)C(C)N1CCN(Cc2ccccc2)CC1.O=C(O)C(=O)O.O=C(O)C(=O)O. The number of nitrogens with one attached hydrogen (secondary N) is 1. The summed E-state index contributed by atoms with van der Waals surface area (Å²) in [7, 11) is 0. The Balaban J connectivity index is 0.000000476. The Morgan fingerprint density at radius 3 is 1.68 bits per heavy atom. The third kappa shape index (κ3) is 11.8. The molecule has 2 aromatic rings. The molecule has 1 atom stereocenters. The molecule has 0 saturated carbocycles. The standard InChI is InChI=1S/C21H27N3O.2C2H2O4/c1-17-8-6-7-11-20(17)22-21(25)18(2)24-14-12-23(13-15-24)16-19-9-4-3-5-10-19;2*3-1(4)2(5)6/h3-11,18H,12-16H2,1-2H3,(H,22,25);2*(H,3,4)(H,5,6). The van der Waals surface area contributed by atoms with Gasteiger partial charge >= 0.3 is 23.9 Å². The van der Waals surface area contributed by atoms with Gasteiger partial charge in [0.05, 0.1) is 6.04 Å². The molecule has 0 bridgehead atoms. The molecule has 2 aromatic carbocycles. The molecule has 12 heteroatoms. The van der Waals surface area contributed by atoms with E-state index < -0.39 is 23.9 Å². The second-order valence-electron chi connectivity index (χ2n) is 8.00. The first kappa shape index (κ1) is 30.7. The lowest BCUT2D eigenvalue weighted by Gasteiger charge is -2.37. The summed E-state index contributed by atoms with van der Waals surface area (Å²) in [6.45, 7) is 8.85. The maximum atomic E-state index is 12.6. The number of aliphatic carboxylic acids is 4. The van der Waals surface area contributed by atoms with Crippen molar-refractivity contribution in [3.63, 3.8) is 0 Å². The number of carbonyl (C=O) groups excluding carboxylic acids is 1. The van der Waals surface area contributed by atoms with Crippen molar-refractivity contribution in [2.75, 3.05) is 31.5 Å². The number of hydrogen-bond donors (Lipinski definition) is 5. The first-order chi connectivity index (χ1) is 17.4. The van der Waals surface area contributed by atoms with Crippen molar-refractivity contribution in [3.8, 4) is 0 Å².